The minimum Gasteiger partial charge on any atom is -0.326 e. The highest BCUT2D eigenvalue weighted by atomic mass is 32.2. The summed E-state index contributed by atoms with van der Waals surface area (Å²) < 4.78 is 46.1. The standard InChI is InChI=1S/C17H15FN6O4S/c1-10(25)19-11-5-4-6-12(9-11)20-16-22-15(18)23-17(24-16)21-13-7-2-3-8-14(13)29(26,27)28/h2-9H,1H3,(H,19,25)(H,26,27,28)(H2,20,21,22,23,24). The number of hydrogen-bond donors (Lipinski definition) is 4. The molecule has 2 aromatic carbocycles. The number of para-hydroxylation sites is 1. The fraction of sp³-hybridized carbons (Fsp3) is 0.0588. The molecule has 0 saturated carbocycles. The molecule has 10 nitrogen and oxygen atoms in total. The van der Waals surface area contributed by atoms with Crippen LogP contribution in [0.1, 0.15) is 6.92 Å². The molecular formula is C17H15FN6O4S. The van der Waals surface area contributed by atoms with Gasteiger partial charge in [0.05, 0.1) is 5.69 Å². The highest BCUT2D eigenvalue weighted by Gasteiger charge is 2.16. The van der Waals surface area contributed by atoms with Crippen molar-refractivity contribution in [2.75, 3.05) is 16.0 Å². The SMILES string of the molecule is CC(=O)Nc1cccc(Nc2nc(F)nc(Nc3ccccc3S(=O)(=O)O)n2)c1. The first-order valence-electron chi connectivity index (χ1n) is 8.10. The third-order valence-corrected chi connectivity index (χ3v) is 4.37. The van der Waals surface area contributed by atoms with Gasteiger partial charge in [0.25, 0.3) is 10.1 Å². The summed E-state index contributed by atoms with van der Waals surface area (Å²) in [6.07, 6.45) is -1.12. The first-order valence-corrected chi connectivity index (χ1v) is 9.54. The summed E-state index contributed by atoms with van der Waals surface area (Å²) in [6, 6.07) is 12.0. The topological polar surface area (TPSA) is 146 Å². The number of carbonyl (C=O) groups excluding carboxylic acids is 1. The van der Waals surface area contributed by atoms with Crippen LogP contribution in [0.5, 0.6) is 0 Å². The summed E-state index contributed by atoms with van der Waals surface area (Å²) in [5.41, 5.74) is 0.933. The van der Waals surface area contributed by atoms with Gasteiger partial charge in [0.15, 0.2) is 0 Å². The molecule has 1 amide bonds. The molecule has 0 aliphatic heterocycles. The average Bonchev–Trinajstić information content (AvgIpc) is 2.60. The van der Waals surface area contributed by atoms with Crippen LogP contribution in [0.25, 0.3) is 0 Å². The summed E-state index contributed by atoms with van der Waals surface area (Å²) in [7, 11) is -4.51. The van der Waals surface area contributed by atoms with E-state index in [1.807, 2.05) is 0 Å². The van der Waals surface area contributed by atoms with Crippen LogP contribution in [0.2, 0.25) is 0 Å². The number of nitrogens with zero attached hydrogens (tertiary/aromatic N) is 3. The Kier molecular flexibility index (Phi) is 5.66. The maximum atomic E-state index is 13.9. The Labute approximate surface area is 165 Å². The molecule has 0 saturated heterocycles. The molecule has 12 heteroatoms. The van der Waals surface area contributed by atoms with E-state index >= 15 is 0 Å². The Balaban J connectivity index is 1.88. The molecule has 0 unspecified atom stereocenters. The van der Waals surface area contributed by atoms with Crippen molar-refractivity contribution >= 4 is 45.0 Å². The molecule has 0 fully saturated rings. The Morgan fingerprint density at radius 1 is 0.966 bits per heavy atom. The van der Waals surface area contributed by atoms with Gasteiger partial charge in [-0.1, -0.05) is 18.2 Å². The summed E-state index contributed by atoms with van der Waals surface area (Å²) >= 11 is 0. The van der Waals surface area contributed by atoms with Crippen molar-refractivity contribution in [2.45, 2.75) is 11.8 Å². The van der Waals surface area contributed by atoms with Gasteiger partial charge in [0, 0.05) is 18.3 Å². The molecule has 3 rings (SSSR count). The largest absolute Gasteiger partial charge is 0.326 e. The van der Waals surface area contributed by atoms with Crippen LogP contribution in [0.3, 0.4) is 0 Å². The van der Waals surface area contributed by atoms with Gasteiger partial charge in [-0.3, -0.25) is 9.35 Å². The molecule has 1 aromatic heterocycles. The molecule has 4 N–H and O–H groups in total. The lowest BCUT2D eigenvalue weighted by Gasteiger charge is -2.11. The quantitative estimate of drug-likeness (QED) is 0.444. The normalized spacial score (nSPS) is 11.0. The number of nitrogens with one attached hydrogen (secondary N) is 3. The Morgan fingerprint density at radius 2 is 1.62 bits per heavy atom. The van der Waals surface area contributed by atoms with Gasteiger partial charge in [-0.05, 0) is 30.3 Å². The zero-order valence-corrected chi connectivity index (χ0v) is 15.7. The first kappa shape index (κ1) is 20.1. The van der Waals surface area contributed by atoms with Gasteiger partial charge in [0.1, 0.15) is 4.90 Å². The second-order valence-corrected chi connectivity index (χ2v) is 7.12. The molecule has 29 heavy (non-hydrogen) atoms. The number of benzene rings is 2. The van der Waals surface area contributed by atoms with Crippen molar-refractivity contribution in [3.8, 4) is 0 Å². The Bertz CT molecular complexity index is 1170. The van der Waals surface area contributed by atoms with Gasteiger partial charge < -0.3 is 16.0 Å². The van der Waals surface area contributed by atoms with Crippen LogP contribution < -0.4 is 16.0 Å². The third kappa shape index (κ3) is 5.43. The molecule has 0 aliphatic carbocycles. The van der Waals surface area contributed by atoms with Crippen LogP contribution in [0.4, 0.5) is 33.3 Å². The highest BCUT2D eigenvalue weighted by molar-refractivity contribution is 7.86. The van der Waals surface area contributed by atoms with Gasteiger partial charge >= 0.3 is 6.08 Å². The number of rotatable bonds is 6. The Hall–Kier alpha value is -3.64. The average molecular weight is 418 g/mol. The van der Waals surface area contributed by atoms with Crippen LogP contribution in [-0.2, 0) is 14.9 Å². The van der Waals surface area contributed by atoms with E-state index in [4.69, 9.17) is 0 Å². The number of carbonyl (C=O) groups is 1. The Morgan fingerprint density at radius 3 is 2.31 bits per heavy atom. The van der Waals surface area contributed by atoms with E-state index in [9.17, 15) is 22.2 Å². The second kappa shape index (κ2) is 8.16. The van der Waals surface area contributed by atoms with E-state index in [1.54, 1.807) is 24.3 Å². The van der Waals surface area contributed by atoms with Crippen molar-refractivity contribution in [2.24, 2.45) is 0 Å². The van der Waals surface area contributed by atoms with Gasteiger partial charge in [0.2, 0.25) is 17.8 Å². The predicted molar refractivity (Wildman–Crippen MR) is 103 cm³/mol. The second-order valence-electron chi connectivity index (χ2n) is 5.73. The van der Waals surface area contributed by atoms with Gasteiger partial charge in [-0.25, -0.2) is 0 Å². The van der Waals surface area contributed by atoms with E-state index in [0.29, 0.717) is 11.4 Å². The third-order valence-electron chi connectivity index (χ3n) is 3.46. The number of anilines is 5. The van der Waals surface area contributed by atoms with Crippen molar-refractivity contribution in [1.29, 1.82) is 0 Å². The highest BCUT2D eigenvalue weighted by Crippen LogP contribution is 2.24. The van der Waals surface area contributed by atoms with Crippen molar-refractivity contribution < 1.29 is 22.2 Å². The summed E-state index contributed by atoms with van der Waals surface area (Å²) in [5.74, 6) is -0.698. The molecule has 0 spiro atoms. The van der Waals surface area contributed by atoms with Crippen LogP contribution >= 0.6 is 0 Å². The molecular weight excluding hydrogens is 403 g/mol. The molecule has 0 radical (unpaired) electrons. The van der Waals surface area contributed by atoms with Crippen molar-refractivity contribution in [3.63, 3.8) is 0 Å². The number of aromatic nitrogens is 3. The molecule has 1 heterocycles. The lowest BCUT2D eigenvalue weighted by molar-refractivity contribution is -0.114. The van der Waals surface area contributed by atoms with E-state index < -0.39 is 21.1 Å². The molecule has 150 valence electrons. The van der Waals surface area contributed by atoms with Crippen LogP contribution in [0, 0.1) is 6.08 Å². The van der Waals surface area contributed by atoms with E-state index in [-0.39, 0.29) is 23.5 Å². The summed E-state index contributed by atoms with van der Waals surface area (Å²) in [5, 5.41) is 7.92. The van der Waals surface area contributed by atoms with Crippen LogP contribution in [-0.4, -0.2) is 33.8 Å². The number of halogens is 1. The number of hydrogen-bond acceptors (Lipinski definition) is 8. The lowest BCUT2D eigenvalue weighted by Crippen LogP contribution is -2.09. The van der Waals surface area contributed by atoms with Gasteiger partial charge in [-0.15, -0.1) is 0 Å². The maximum Gasteiger partial charge on any atom is 0.315 e. The monoisotopic (exact) mass is 418 g/mol. The fourth-order valence-electron chi connectivity index (χ4n) is 2.38. The molecule has 0 aliphatic rings. The van der Waals surface area contributed by atoms with E-state index in [2.05, 4.69) is 30.9 Å². The predicted octanol–water partition coefficient (Wildman–Crippen LogP) is 2.70. The number of amides is 1. The molecule has 3 aromatic rings. The molecule has 0 atom stereocenters. The van der Waals surface area contributed by atoms with Gasteiger partial charge in [-0.2, -0.15) is 27.8 Å². The minimum atomic E-state index is -4.51. The lowest BCUT2D eigenvalue weighted by atomic mass is 10.3. The minimum absolute atomic E-state index is 0.0424. The van der Waals surface area contributed by atoms with E-state index in [0.717, 1.165) is 0 Å². The smallest absolute Gasteiger partial charge is 0.315 e. The zero-order valence-electron chi connectivity index (χ0n) is 14.9. The van der Waals surface area contributed by atoms with E-state index in [1.165, 1.54) is 31.2 Å². The van der Waals surface area contributed by atoms with Crippen molar-refractivity contribution in [3.05, 3.63) is 54.6 Å². The summed E-state index contributed by atoms with van der Waals surface area (Å²) in [6.45, 7) is 1.36. The summed E-state index contributed by atoms with van der Waals surface area (Å²) in [4.78, 5) is 21.7. The van der Waals surface area contributed by atoms with Crippen LogP contribution in [0.15, 0.2) is 53.4 Å². The van der Waals surface area contributed by atoms with Crippen molar-refractivity contribution in [1.82, 2.24) is 15.0 Å². The fourth-order valence-corrected chi connectivity index (χ4v) is 3.03. The zero-order chi connectivity index (χ0) is 21.0. The first-order chi connectivity index (χ1) is 13.7. The molecule has 0 bridgehead atoms. The maximum absolute atomic E-state index is 13.9.